The van der Waals surface area contributed by atoms with E-state index in [1.54, 1.807) is 25.2 Å². The van der Waals surface area contributed by atoms with Crippen LogP contribution in [0.3, 0.4) is 0 Å². The molecule has 0 aliphatic rings. The molecule has 0 spiro atoms. The molecule has 24 heavy (non-hydrogen) atoms. The van der Waals surface area contributed by atoms with Crippen LogP contribution in [0.25, 0.3) is 11.3 Å². The second kappa shape index (κ2) is 7.19. The lowest BCUT2D eigenvalue weighted by atomic mass is 10.1. The molecule has 2 aromatic carbocycles. The van der Waals surface area contributed by atoms with E-state index in [4.69, 9.17) is 16.1 Å². The van der Waals surface area contributed by atoms with E-state index in [2.05, 4.69) is 15.8 Å². The Balaban J connectivity index is 1.67. The molecule has 0 saturated carbocycles. The summed E-state index contributed by atoms with van der Waals surface area (Å²) >= 11 is 6.13. The highest BCUT2D eigenvalue weighted by Crippen LogP contribution is 2.22. The molecule has 0 atom stereocenters. The molecule has 0 saturated heterocycles. The number of hydrogen-bond donors (Lipinski definition) is 2. The smallest absolute Gasteiger partial charge is 0.252 e. The van der Waals surface area contributed by atoms with Crippen molar-refractivity contribution in [3.63, 3.8) is 0 Å². The SMILES string of the molecule is CNC(=O)c1ccc(NCc2cc(-c3ccccc3)no2)cc1Cl. The number of hydrogen-bond acceptors (Lipinski definition) is 4. The Labute approximate surface area is 144 Å². The molecule has 1 amide bonds. The number of rotatable bonds is 5. The summed E-state index contributed by atoms with van der Waals surface area (Å²) in [6, 6.07) is 16.9. The normalized spacial score (nSPS) is 10.4. The van der Waals surface area contributed by atoms with Crippen molar-refractivity contribution in [3.8, 4) is 11.3 Å². The Kier molecular flexibility index (Phi) is 4.82. The first-order valence-corrected chi connectivity index (χ1v) is 7.81. The van der Waals surface area contributed by atoms with Gasteiger partial charge in [0.25, 0.3) is 5.91 Å². The van der Waals surface area contributed by atoms with E-state index in [1.165, 1.54) is 0 Å². The molecule has 0 bridgehead atoms. The highest BCUT2D eigenvalue weighted by atomic mass is 35.5. The standard InChI is InChI=1S/C18H16ClN3O2/c1-20-18(23)15-8-7-13(9-16(15)19)21-11-14-10-17(22-24-14)12-5-3-2-4-6-12/h2-10,21H,11H2,1H3,(H,20,23). The molecule has 1 aromatic heterocycles. The van der Waals surface area contributed by atoms with Gasteiger partial charge in [0.1, 0.15) is 5.69 Å². The maximum atomic E-state index is 11.6. The van der Waals surface area contributed by atoms with E-state index in [0.717, 1.165) is 16.9 Å². The van der Waals surface area contributed by atoms with Gasteiger partial charge in [0.2, 0.25) is 0 Å². The molecule has 3 aromatic rings. The lowest BCUT2D eigenvalue weighted by molar-refractivity contribution is 0.0963. The molecule has 0 aliphatic heterocycles. The van der Waals surface area contributed by atoms with Crippen LogP contribution in [0.15, 0.2) is 59.1 Å². The molecule has 2 N–H and O–H groups in total. The summed E-state index contributed by atoms with van der Waals surface area (Å²) in [7, 11) is 1.57. The summed E-state index contributed by atoms with van der Waals surface area (Å²) in [6.45, 7) is 0.468. The van der Waals surface area contributed by atoms with Crippen molar-refractivity contribution in [2.45, 2.75) is 6.54 Å². The molecule has 0 fully saturated rings. The Bertz CT molecular complexity index is 846. The molecular formula is C18H16ClN3O2. The van der Waals surface area contributed by atoms with Crippen molar-refractivity contribution in [1.29, 1.82) is 0 Å². The molecule has 0 radical (unpaired) electrons. The summed E-state index contributed by atoms with van der Waals surface area (Å²) in [5, 5.41) is 10.2. The van der Waals surface area contributed by atoms with Gasteiger partial charge in [-0.05, 0) is 18.2 Å². The largest absolute Gasteiger partial charge is 0.378 e. The van der Waals surface area contributed by atoms with Gasteiger partial charge in [0, 0.05) is 24.4 Å². The maximum Gasteiger partial charge on any atom is 0.252 e. The van der Waals surface area contributed by atoms with E-state index in [0.29, 0.717) is 22.9 Å². The van der Waals surface area contributed by atoms with Crippen molar-refractivity contribution in [2.24, 2.45) is 0 Å². The minimum absolute atomic E-state index is 0.214. The van der Waals surface area contributed by atoms with Crippen LogP contribution in [-0.4, -0.2) is 18.1 Å². The number of anilines is 1. The molecule has 1 heterocycles. The minimum atomic E-state index is -0.214. The van der Waals surface area contributed by atoms with Crippen LogP contribution in [0.4, 0.5) is 5.69 Å². The zero-order valence-electron chi connectivity index (χ0n) is 13.0. The molecule has 0 unspecified atom stereocenters. The van der Waals surface area contributed by atoms with E-state index >= 15 is 0 Å². The summed E-state index contributed by atoms with van der Waals surface area (Å²) in [6.07, 6.45) is 0. The zero-order chi connectivity index (χ0) is 16.9. The second-order valence-corrected chi connectivity index (χ2v) is 5.58. The lowest BCUT2D eigenvalue weighted by Crippen LogP contribution is -2.18. The molecule has 5 nitrogen and oxygen atoms in total. The van der Waals surface area contributed by atoms with Gasteiger partial charge >= 0.3 is 0 Å². The van der Waals surface area contributed by atoms with E-state index in [1.807, 2.05) is 36.4 Å². The van der Waals surface area contributed by atoms with Crippen molar-refractivity contribution >= 4 is 23.2 Å². The number of nitrogens with one attached hydrogen (secondary N) is 2. The fourth-order valence-corrected chi connectivity index (χ4v) is 2.54. The van der Waals surface area contributed by atoms with E-state index in [9.17, 15) is 4.79 Å². The van der Waals surface area contributed by atoms with Crippen molar-refractivity contribution in [1.82, 2.24) is 10.5 Å². The van der Waals surface area contributed by atoms with Crippen molar-refractivity contribution in [3.05, 3.63) is 70.9 Å². The van der Waals surface area contributed by atoms with Gasteiger partial charge in [0.15, 0.2) is 5.76 Å². The third-order valence-corrected chi connectivity index (χ3v) is 3.85. The predicted molar refractivity (Wildman–Crippen MR) is 94.1 cm³/mol. The Morgan fingerprint density at radius 3 is 2.67 bits per heavy atom. The first kappa shape index (κ1) is 16.1. The summed E-state index contributed by atoms with van der Waals surface area (Å²) in [5.74, 6) is 0.495. The Hall–Kier alpha value is -2.79. The van der Waals surface area contributed by atoms with E-state index < -0.39 is 0 Å². The third-order valence-electron chi connectivity index (χ3n) is 3.54. The van der Waals surface area contributed by atoms with Crippen molar-refractivity contribution in [2.75, 3.05) is 12.4 Å². The molecule has 3 rings (SSSR count). The first-order chi connectivity index (χ1) is 11.7. The number of nitrogens with zero attached hydrogens (tertiary/aromatic N) is 1. The monoisotopic (exact) mass is 341 g/mol. The Morgan fingerprint density at radius 2 is 1.96 bits per heavy atom. The van der Waals surface area contributed by atoms with Gasteiger partial charge in [-0.1, -0.05) is 47.1 Å². The average molecular weight is 342 g/mol. The van der Waals surface area contributed by atoms with Crippen LogP contribution in [0.5, 0.6) is 0 Å². The van der Waals surface area contributed by atoms with Gasteiger partial charge in [-0.25, -0.2) is 0 Å². The number of aromatic nitrogens is 1. The minimum Gasteiger partial charge on any atom is -0.378 e. The van der Waals surface area contributed by atoms with Gasteiger partial charge in [-0.3, -0.25) is 4.79 Å². The van der Waals surface area contributed by atoms with Crippen LogP contribution in [0, 0.1) is 0 Å². The Morgan fingerprint density at radius 1 is 1.17 bits per heavy atom. The topological polar surface area (TPSA) is 67.2 Å². The number of benzene rings is 2. The fourth-order valence-electron chi connectivity index (χ4n) is 2.27. The fraction of sp³-hybridized carbons (Fsp3) is 0.111. The van der Waals surface area contributed by atoms with Crippen LogP contribution >= 0.6 is 11.6 Å². The third kappa shape index (κ3) is 3.58. The van der Waals surface area contributed by atoms with Crippen LogP contribution in [0.1, 0.15) is 16.1 Å². The summed E-state index contributed by atoms with van der Waals surface area (Å²) < 4.78 is 5.34. The van der Waals surface area contributed by atoms with E-state index in [-0.39, 0.29) is 5.91 Å². The lowest BCUT2D eigenvalue weighted by Gasteiger charge is -2.07. The van der Waals surface area contributed by atoms with Crippen molar-refractivity contribution < 1.29 is 9.32 Å². The van der Waals surface area contributed by atoms with Crippen LogP contribution < -0.4 is 10.6 Å². The summed E-state index contributed by atoms with van der Waals surface area (Å²) in [4.78, 5) is 11.6. The quantitative estimate of drug-likeness (QED) is 0.737. The maximum absolute atomic E-state index is 11.6. The highest BCUT2D eigenvalue weighted by molar-refractivity contribution is 6.34. The first-order valence-electron chi connectivity index (χ1n) is 7.44. The van der Waals surface area contributed by atoms with Gasteiger partial charge < -0.3 is 15.2 Å². The number of carbonyl (C=O) groups excluding carboxylic acids is 1. The zero-order valence-corrected chi connectivity index (χ0v) is 13.8. The van der Waals surface area contributed by atoms with Crippen LogP contribution in [0.2, 0.25) is 5.02 Å². The molecule has 6 heteroatoms. The summed E-state index contributed by atoms with van der Waals surface area (Å²) in [5.41, 5.74) is 3.03. The molecule has 122 valence electrons. The number of carbonyl (C=O) groups is 1. The van der Waals surface area contributed by atoms with Gasteiger partial charge in [0.05, 0.1) is 17.1 Å². The second-order valence-electron chi connectivity index (χ2n) is 5.17. The highest BCUT2D eigenvalue weighted by Gasteiger charge is 2.10. The average Bonchev–Trinajstić information content (AvgIpc) is 3.09. The predicted octanol–water partition coefficient (Wildman–Crippen LogP) is 3.97. The molecule has 0 aliphatic carbocycles. The van der Waals surface area contributed by atoms with Crippen LogP contribution in [-0.2, 0) is 6.54 Å². The van der Waals surface area contributed by atoms with Gasteiger partial charge in [-0.15, -0.1) is 0 Å². The van der Waals surface area contributed by atoms with Gasteiger partial charge in [-0.2, -0.15) is 0 Å². The number of halogens is 1. The molecular weight excluding hydrogens is 326 g/mol. The number of amides is 1.